The summed E-state index contributed by atoms with van der Waals surface area (Å²) < 4.78 is 10.9. The Balaban J connectivity index is 0.00000112. The Kier molecular flexibility index (Phi) is 7.13. The molecule has 76 valence electrons. The third kappa shape index (κ3) is 4.92. The summed E-state index contributed by atoms with van der Waals surface area (Å²) >= 11 is 0. The molecule has 0 saturated carbocycles. The molecule has 0 spiro atoms. The maximum atomic E-state index is 5.61. The van der Waals surface area contributed by atoms with Crippen molar-refractivity contribution in [1.82, 2.24) is 0 Å². The third-order valence-corrected chi connectivity index (χ3v) is 2.31. The Bertz CT molecular complexity index is 276. The first-order valence-electron chi connectivity index (χ1n) is 4.99. The fourth-order valence-electron chi connectivity index (χ4n) is 1.51. The first kappa shape index (κ1) is 14.3. The van der Waals surface area contributed by atoms with Crippen molar-refractivity contribution in [2.45, 2.75) is 26.2 Å². The molecule has 2 nitrogen and oxygen atoms in total. The van der Waals surface area contributed by atoms with Crippen LogP contribution in [0.25, 0.3) is 0 Å². The number of rotatable bonds is 3. The van der Waals surface area contributed by atoms with Crippen LogP contribution in [0.15, 0.2) is 30.3 Å². The van der Waals surface area contributed by atoms with Gasteiger partial charge in [0.05, 0.1) is 6.61 Å². The molecule has 1 aromatic carbocycles. The summed E-state index contributed by atoms with van der Waals surface area (Å²) in [6.45, 7) is 4.62. The van der Waals surface area contributed by atoms with Gasteiger partial charge in [-0.2, -0.15) is 0 Å². The topological polar surface area (TPSA) is 18.5 Å². The van der Waals surface area contributed by atoms with Crippen LogP contribution in [0.2, 0.25) is 0 Å². The van der Waals surface area contributed by atoms with Gasteiger partial charge in [0.15, 0.2) is 0 Å². The molecule has 1 aliphatic rings. The second kappa shape index (κ2) is 7.50. The quantitative estimate of drug-likeness (QED) is 0.714. The fraction of sp³-hybridized carbons (Fsp3) is 0.417. The van der Waals surface area contributed by atoms with Gasteiger partial charge in [-0.3, -0.25) is 0 Å². The van der Waals surface area contributed by atoms with Gasteiger partial charge in [0.25, 0.3) is 0 Å². The van der Waals surface area contributed by atoms with Crippen LogP contribution in [0.5, 0.6) is 0 Å². The molecule has 1 unspecified atom stereocenters. The van der Waals surface area contributed by atoms with E-state index in [9.17, 15) is 0 Å². The SMILES string of the molecule is C[C@H]1[CH-]OC(OCc2ccccc2)C1.[Cs+]. The molecule has 0 radical (unpaired) electrons. The van der Waals surface area contributed by atoms with Gasteiger partial charge in [-0.05, 0) is 12.0 Å². The molecule has 2 rings (SSSR count). The summed E-state index contributed by atoms with van der Waals surface area (Å²) in [6.07, 6.45) is 0.914. The van der Waals surface area contributed by atoms with Gasteiger partial charge in [-0.15, -0.1) is 5.92 Å². The Morgan fingerprint density at radius 3 is 2.73 bits per heavy atom. The predicted molar refractivity (Wildman–Crippen MR) is 54.2 cm³/mol. The maximum Gasteiger partial charge on any atom is 1.00 e. The van der Waals surface area contributed by atoms with Crippen LogP contribution in [0, 0.1) is 12.5 Å². The van der Waals surface area contributed by atoms with Crippen molar-refractivity contribution < 1.29 is 78.4 Å². The van der Waals surface area contributed by atoms with Crippen molar-refractivity contribution >= 4 is 0 Å². The van der Waals surface area contributed by atoms with E-state index in [-0.39, 0.29) is 75.2 Å². The zero-order valence-electron chi connectivity index (χ0n) is 9.35. The Labute approximate surface area is 150 Å². The van der Waals surface area contributed by atoms with E-state index in [1.807, 2.05) is 24.8 Å². The van der Waals surface area contributed by atoms with E-state index >= 15 is 0 Å². The Morgan fingerprint density at radius 2 is 2.13 bits per heavy atom. The van der Waals surface area contributed by atoms with Gasteiger partial charge in [0.2, 0.25) is 0 Å². The van der Waals surface area contributed by atoms with Crippen LogP contribution >= 0.6 is 0 Å². The summed E-state index contributed by atoms with van der Waals surface area (Å²) in [4.78, 5) is 0. The minimum Gasteiger partial charge on any atom is -0.529 e. The zero-order valence-corrected chi connectivity index (χ0v) is 15.6. The molecule has 0 aliphatic carbocycles. The van der Waals surface area contributed by atoms with Gasteiger partial charge < -0.3 is 9.47 Å². The van der Waals surface area contributed by atoms with E-state index in [0.29, 0.717) is 12.5 Å². The monoisotopic (exact) mass is 324 g/mol. The van der Waals surface area contributed by atoms with Gasteiger partial charge in [-0.1, -0.05) is 37.3 Å². The summed E-state index contributed by atoms with van der Waals surface area (Å²) in [7, 11) is 0. The minimum atomic E-state index is -0.0507. The van der Waals surface area contributed by atoms with Crippen molar-refractivity contribution in [3.05, 3.63) is 42.5 Å². The van der Waals surface area contributed by atoms with E-state index in [2.05, 4.69) is 19.1 Å². The van der Waals surface area contributed by atoms with E-state index < -0.39 is 0 Å². The number of hydrogen-bond donors (Lipinski definition) is 0. The standard InChI is InChI=1S/C12H15O2.Cs/c1-10-7-12(13-8-10)14-9-11-5-3-2-4-6-11;/h2-6,8,10,12H,7,9H2,1H3;/q-1;+1/t10-,12?;/m1./s1. The van der Waals surface area contributed by atoms with Crippen molar-refractivity contribution in [2.24, 2.45) is 5.92 Å². The van der Waals surface area contributed by atoms with Crippen LogP contribution in [0.1, 0.15) is 18.9 Å². The van der Waals surface area contributed by atoms with Crippen molar-refractivity contribution in [1.29, 1.82) is 0 Å². The molecule has 0 bridgehead atoms. The molecule has 15 heavy (non-hydrogen) atoms. The molecule has 1 aromatic rings. The van der Waals surface area contributed by atoms with Crippen LogP contribution in [-0.4, -0.2) is 6.29 Å². The maximum absolute atomic E-state index is 5.61. The summed E-state index contributed by atoms with van der Waals surface area (Å²) in [5.74, 6) is 0.510. The first-order valence-corrected chi connectivity index (χ1v) is 4.99. The number of hydrogen-bond acceptors (Lipinski definition) is 2. The number of benzene rings is 1. The molecule has 1 aliphatic heterocycles. The molecule has 2 atom stereocenters. The molecule has 1 saturated heterocycles. The molecule has 0 amide bonds. The van der Waals surface area contributed by atoms with E-state index in [0.717, 1.165) is 6.42 Å². The molecule has 0 N–H and O–H groups in total. The van der Waals surface area contributed by atoms with E-state index in [1.165, 1.54) is 5.56 Å². The summed E-state index contributed by atoms with van der Waals surface area (Å²) in [5.41, 5.74) is 1.19. The van der Waals surface area contributed by atoms with E-state index in [1.54, 1.807) is 0 Å². The van der Waals surface area contributed by atoms with Gasteiger partial charge in [-0.25, -0.2) is 6.61 Å². The average molecular weight is 324 g/mol. The zero-order chi connectivity index (χ0) is 9.80. The largest absolute Gasteiger partial charge is 1.00 e. The van der Waals surface area contributed by atoms with Crippen molar-refractivity contribution in [2.75, 3.05) is 0 Å². The van der Waals surface area contributed by atoms with Crippen LogP contribution in [0.4, 0.5) is 0 Å². The second-order valence-corrected chi connectivity index (χ2v) is 3.71. The normalized spacial score (nSPS) is 24.9. The van der Waals surface area contributed by atoms with Gasteiger partial charge in [0.1, 0.15) is 6.29 Å². The number of ether oxygens (including phenoxy) is 2. The predicted octanol–water partition coefficient (Wildman–Crippen LogP) is -0.249. The summed E-state index contributed by atoms with van der Waals surface area (Å²) in [6, 6.07) is 10.2. The molecular weight excluding hydrogens is 309 g/mol. The van der Waals surface area contributed by atoms with Crippen LogP contribution in [-0.2, 0) is 16.1 Å². The second-order valence-electron chi connectivity index (χ2n) is 3.71. The van der Waals surface area contributed by atoms with Crippen molar-refractivity contribution in [3.8, 4) is 0 Å². The minimum absolute atomic E-state index is 0. The van der Waals surface area contributed by atoms with Gasteiger partial charge >= 0.3 is 68.9 Å². The fourth-order valence-corrected chi connectivity index (χ4v) is 1.51. The molecular formula is C12H15CsO2. The molecule has 0 aromatic heterocycles. The molecule has 3 heteroatoms. The molecule has 1 heterocycles. The van der Waals surface area contributed by atoms with E-state index in [4.69, 9.17) is 9.47 Å². The van der Waals surface area contributed by atoms with Crippen LogP contribution < -0.4 is 68.9 Å². The Hall–Kier alpha value is 1.19. The molecule has 1 fully saturated rings. The smallest absolute Gasteiger partial charge is 0.529 e. The third-order valence-electron chi connectivity index (χ3n) is 2.31. The first-order chi connectivity index (χ1) is 6.84. The van der Waals surface area contributed by atoms with Crippen molar-refractivity contribution in [3.63, 3.8) is 0 Å². The average Bonchev–Trinajstić information content (AvgIpc) is 2.63. The Morgan fingerprint density at radius 1 is 1.40 bits per heavy atom. The van der Waals surface area contributed by atoms with Gasteiger partial charge in [0, 0.05) is 0 Å². The summed E-state index contributed by atoms with van der Waals surface area (Å²) in [5, 5.41) is 0. The van der Waals surface area contributed by atoms with Crippen LogP contribution in [0.3, 0.4) is 0 Å².